The normalized spacial score (nSPS) is 21.0. The zero-order chi connectivity index (χ0) is 15.3. The molecular weight excluding hydrogens is 283 g/mol. The molecule has 1 saturated carbocycles. The highest BCUT2D eigenvalue weighted by Crippen LogP contribution is 2.38. The summed E-state index contributed by atoms with van der Waals surface area (Å²) in [5.74, 6) is -0.528. The summed E-state index contributed by atoms with van der Waals surface area (Å²) < 4.78 is 15.1. The number of aromatic amines is 1. The summed E-state index contributed by atoms with van der Waals surface area (Å²) in [5, 5.41) is 5.35. The predicted molar refractivity (Wildman–Crippen MR) is 80.4 cm³/mol. The van der Waals surface area contributed by atoms with Gasteiger partial charge in [0, 0.05) is 40.3 Å². The fourth-order valence-corrected chi connectivity index (χ4v) is 3.05. The molecule has 1 aliphatic rings. The van der Waals surface area contributed by atoms with E-state index in [4.69, 9.17) is 5.73 Å². The highest BCUT2D eigenvalue weighted by Gasteiger charge is 2.34. The molecule has 1 aromatic carbocycles. The zero-order valence-electron chi connectivity index (χ0n) is 11.8. The molecule has 0 unspecified atom stereocenters. The number of H-pyrrole nitrogens is 1. The van der Waals surface area contributed by atoms with Gasteiger partial charge in [-0.2, -0.15) is 5.10 Å². The minimum absolute atomic E-state index is 0.0336. The predicted octanol–water partition coefficient (Wildman–Crippen LogP) is 2.61. The number of carbonyl (C=O) groups excluding carboxylic acids is 1. The maximum atomic E-state index is 13.2. The van der Waals surface area contributed by atoms with Crippen molar-refractivity contribution < 1.29 is 9.18 Å². The van der Waals surface area contributed by atoms with Crippen molar-refractivity contribution >= 4 is 16.8 Å². The maximum Gasteiger partial charge on any atom is 0.220 e. The van der Waals surface area contributed by atoms with E-state index in [0.717, 1.165) is 34.9 Å². The van der Waals surface area contributed by atoms with Crippen LogP contribution in [0.4, 0.5) is 4.39 Å². The monoisotopic (exact) mass is 298 g/mol. The molecule has 1 aliphatic carbocycles. The lowest BCUT2D eigenvalue weighted by Crippen LogP contribution is -2.36. The Hall–Kier alpha value is -2.63. The topological polar surface area (TPSA) is 76.7 Å². The Morgan fingerprint density at radius 1 is 1.41 bits per heavy atom. The van der Waals surface area contributed by atoms with Crippen LogP contribution in [0, 0.1) is 11.7 Å². The second-order valence-corrected chi connectivity index (χ2v) is 5.83. The molecule has 112 valence electrons. The number of hydrogen-bond donors (Lipinski definition) is 2. The molecule has 4 rings (SSSR count). The number of hydrogen-bond acceptors (Lipinski definition) is 2. The van der Waals surface area contributed by atoms with Crippen molar-refractivity contribution in [1.29, 1.82) is 0 Å². The van der Waals surface area contributed by atoms with Crippen LogP contribution in [-0.4, -0.2) is 20.7 Å². The van der Waals surface area contributed by atoms with Gasteiger partial charge in [0.1, 0.15) is 5.82 Å². The van der Waals surface area contributed by atoms with Gasteiger partial charge in [0.15, 0.2) is 0 Å². The number of nitrogens with zero attached hydrogens (tertiary/aromatic N) is 2. The summed E-state index contributed by atoms with van der Waals surface area (Å²) in [5.41, 5.74) is 8.02. The number of halogens is 1. The van der Waals surface area contributed by atoms with E-state index in [2.05, 4.69) is 10.1 Å². The molecule has 1 amide bonds. The van der Waals surface area contributed by atoms with Crippen LogP contribution in [0.3, 0.4) is 0 Å². The van der Waals surface area contributed by atoms with Gasteiger partial charge >= 0.3 is 0 Å². The molecule has 22 heavy (non-hydrogen) atoms. The van der Waals surface area contributed by atoms with Crippen molar-refractivity contribution in [1.82, 2.24) is 14.8 Å². The van der Waals surface area contributed by atoms with Crippen LogP contribution >= 0.6 is 0 Å². The lowest BCUT2D eigenvalue weighted by Gasteiger charge is -2.33. The van der Waals surface area contributed by atoms with E-state index in [1.165, 1.54) is 12.1 Å². The summed E-state index contributed by atoms with van der Waals surface area (Å²) in [6.45, 7) is 0. The van der Waals surface area contributed by atoms with Crippen molar-refractivity contribution in [3.63, 3.8) is 0 Å². The van der Waals surface area contributed by atoms with Crippen LogP contribution in [0.15, 0.2) is 36.8 Å². The highest BCUT2D eigenvalue weighted by atomic mass is 19.1. The Balaban J connectivity index is 1.62. The number of amides is 1. The summed E-state index contributed by atoms with van der Waals surface area (Å²) in [7, 11) is 0. The third-order valence-electron chi connectivity index (χ3n) is 4.45. The molecular formula is C16H15FN4O. The minimum atomic E-state index is -0.261. The average molecular weight is 298 g/mol. The molecule has 3 aromatic rings. The van der Waals surface area contributed by atoms with Gasteiger partial charge < -0.3 is 10.7 Å². The molecule has 0 bridgehead atoms. The van der Waals surface area contributed by atoms with E-state index in [-0.39, 0.29) is 23.7 Å². The Labute approximate surface area is 125 Å². The van der Waals surface area contributed by atoms with Crippen LogP contribution in [0.25, 0.3) is 22.0 Å². The number of carbonyl (C=O) groups is 1. The molecule has 0 aliphatic heterocycles. The van der Waals surface area contributed by atoms with Gasteiger partial charge in [-0.15, -0.1) is 0 Å². The van der Waals surface area contributed by atoms with Crippen molar-refractivity contribution in [2.75, 3.05) is 0 Å². The molecule has 3 N–H and O–H groups in total. The average Bonchev–Trinajstić information content (AvgIpc) is 3.02. The zero-order valence-corrected chi connectivity index (χ0v) is 11.8. The maximum absolute atomic E-state index is 13.2. The number of primary amides is 1. The molecule has 2 heterocycles. The van der Waals surface area contributed by atoms with E-state index in [0.29, 0.717) is 0 Å². The van der Waals surface area contributed by atoms with Crippen molar-refractivity contribution in [3.05, 3.63) is 42.6 Å². The van der Waals surface area contributed by atoms with Crippen LogP contribution in [0.1, 0.15) is 18.9 Å². The SMILES string of the molecule is NC(=O)[C@H]1C[C@@H](n2cc(-c3c[nH]c4cc(F)ccc34)cn2)C1. The van der Waals surface area contributed by atoms with Gasteiger partial charge in [-0.05, 0) is 31.0 Å². The molecule has 0 radical (unpaired) electrons. The van der Waals surface area contributed by atoms with Crippen LogP contribution in [0.5, 0.6) is 0 Å². The van der Waals surface area contributed by atoms with E-state index < -0.39 is 0 Å². The van der Waals surface area contributed by atoms with Gasteiger partial charge in [0.25, 0.3) is 0 Å². The van der Waals surface area contributed by atoms with E-state index in [1.54, 1.807) is 12.3 Å². The molecule has 6 heteroatoms. The van der Waals surface area contributed by atoms with Gasteiger partial charge in [-0.3, -0.25) is 9.48 Å². The van der Waals surface area contributed by atoms with Gasteiger partial charge in [-0.25, -0.2) is 4.39 Å². The first kappa shape index (κ1) is 13.1. The number of aromatic nitrogens is 3. The third-order valence-corrected chi connectivity index (χ3v) is 4.45. The molecule has 0 saturated heterocycles. The van der Waals surface area contributed by atoms with E-state index >= 15 is 0 Å². The Morgan fingerprint density at radius 3 is 3.00 bits per heavy atom. The first-order valence-electron chi connectivity index (χ1n) is 7.22. The highest BCUT2D eigenvalue weighted by molar-refractivity contribution is 5.95. The number of rotatable bonds is 3. The first-order chi connectivity index (χ1) is 10.6. The lowest BCUT2D eigenvalue weighted by atomic mass is 9.80. The van der Waals surface area contributed by atoms with Crippen LogP contribution in [0.2, 0.25) is 0 Å². The largest absolute Gasteiger partial charge is 0.369 e. The van der Waals surface area contributed by atoms with Crippen molar-refractivity contribution in [3.8, 4) is 11.1 Å². The summed E-state index contributed by atoms with van der Waals surface area (Å²) >= 11 is 0. The third kappa shape index (κ3) is 1.99. The van der Waals surface area contributed by atoms with Gasteiger partial charge in [0.05, 0.1) is 12.2 Å². The van der Waals surface area contributed by atoms with Crippen molar-refractivity contribution in [2.45, 2.75) is 18.9 Å². The summed E-state index contributed by atoms with van der Waals surface area (Å²) in [4.78, 5) is 14.2. The van der Waals surface area contributed by atoms with Crippen LogP contribution in [-0.2, 0) is 4.79 Å². The molecule has 0 spiro atoms. The van der Waals surface area contributed by atoms with Gasteiger partial charge in [0.2, 0.25) is 5.91 Å². The molecule has 2 aromatic heterocycles. The number of nitrogens with two attached hydrogens (primary N) is 1. The Bertz CT molecular complexity index is 860. The van der Waals surface area contributed by atoms with Crippen LogP contribution < -0.4 is 5.73 Å². The Kier molecular flexibility index (Phi) is 2.79. The number of nitrogens with one attached hydrogen (secondary N) is 1. The molecule has 0 atom stereocenters. The smallest absolute Gasteiger partial charge is 0.220 e. The second kappa shape index (κ2) is 4.69. The standard InChI is InChI=1S/C16H15FN4O/c17-11-1-2-13-14(7-19-15(13)5-11)10-6-20-21(8-10)12-3-9(4-12)16(18)22/h1-2,5-9,12,19H,3-4H2,(H2,18,22)/t9-,12+. The second-order valence-electron chi connectivity index (χ2n) is 5.83. The summed E-state index contributed by atoms with van der Waals surface area (Å²) in [6.07, 6.45) is 7.11. The molecule has 1 fully saturated rings. The van der Waals surface area contributed by atoms with E-state index in [1.807, 2.05) is 17.1 Å². The molecule has 5 nitrogen and oxygen atoms in total. The van der Waals surface area contributed by atoms with E-state index in [9.17, 15) is 9.18 Å². The fraction of sp³-hybridized carbons (Fsp3) is 0.250. The van der Waals surface area contributed by atoms with Crippen molar-refractivity contribution in [2.24, 2.45) is 11.7 Å². The number of fused-ring (bicyclic) bond motifs is 1. The number of benzene rings is 1. The first-order valence-corrected chi connectivity index (χ1v) is 7.22. The van der Waals surface area contributed by atoms with Gasteiger partial charge in [-0.1, -0.05) is 0 Å². The minimum Gasteiger partial charge on any atom is -0.369 e. The lowest BCUT2D eigenvalue weighted by molar-refractivity contribution is -0.125. The fourth-order valence-electron chi connectivity index (χ4n) is 3.05. The quantitative estimate of drug-likeness (QED) is 0.779. The Morgan fingerprint density at radius 2 is 2.23 bits per heavy atom. The summed E-state index contributed by atoms with van der Waals surface area (Å²) in [6, 6.07) is 4.93.